The van der Waals surface area contributed by atoms with Gasteiger partial charge in [-0.2, -0.15) is 0 Å². The van der Waals surface area contributed by atoms with Crippen molar-refractivity contribution in [3.05, 3.63) is 71.4 Å². The Hall–Kier alpha value is -3.87. The fraction of sp³-hybridized carbons (Fsp3) is 0.240. The molecule has 1 amide bonds. The van der Waals surface area contributed by atoms with Crippen molar-refractivity contribution in [2.75, 3.05) is 11.4 Å². The van der Waals surface area contributed by atoms with Gasteiger partial charge in [-0.05, 0) is 25.0 Å². The fourth-order valence-corrected chi connectivity index (χ4v) is 3.61. The number of unbranched alkanes of at least 4 members (excludes halogenated alkanes) is 2. The van der Waals surface area contributed by atoms with Crippen LogP contribution in [-0.4, -0.2) is 46.4 Å². The van der Waals surface area contributed by atoms with Gasteiger partial charge in [0.05, 0.1) is 12.6 Å². The summed E-state index contributed by atoms with van der Waals surface area (Å²) >= 11 is 0. The molecule has 0 radical (unpaired) electrons. The predicted molar refractivity (Wildman–Crippen MR) is 121 cm³/mol. The maximum Gasteiger partial charge on any atom is 0.389 e. The van der Waals surface area contributed by atoms with Gasteiger partial charge in [-0.15, -0.1) is 4.58 Å². The normalized spacial score (nSPS) is 12.7. The first kappa shape index (κ1) is 22.8. The van der Waals surface area contributed by atoms with Crippen LogP contribution in [0.15, 0.2) is 60.3 Å². The Morgan fingerprint density at radius 2 is 1.62 bits per heavy atom. The van der Waals surface area contributed by atoms with Crippen LogP contribution in [0.2, 0.25) is 0 Å². The molecule has 32 heavy (non-hydrogen) atoms. The number of carboxylic acid groups (broad SMARTS) is 1. The van der Waals surface area contributed by atoms with Crippen LogP contribution in [0.4, 0.5) is 11.4 Å². The summed E-state index contributed by atoms with van der Waals surface area (Å²) in [7, 11) is 0. The zero-order chi connectivity index (χ0) is 23.3. The van der Waals surface area contributed by atoms with Crippen LogP contribution >= 0.6 is 0 Å². The lowest BCUT2D eigenvalue weighted by Crippen LogP contribution is -2.32. The molecule has 0 aromatic heterocycles. The minimum atomic E-state index is -0.840. The van der Waals surface area contributed by atoms with Crippen molar-refractivity contribution in [3.8, 4) is 0 Å². The highest BCUT2D eigenvalue weighted by Gasteiger charge is 2.29. The van der Waals surface area contributed by atoms with Crippen molar-refractivity contribution in [3.63, 3.8) is 0 Å². The fourth-order valence-electron chi connectivity index (χ4n) is 3.61. The van der Waals surface area contributed by atoms with Gasteiger partial charge in [0.15, 0.2) is 5.78 Å². The zero-order valence-electron chi connectivity index (χ0n) is 17.9. The number of carboxylic acids is 1. The number of carbonyl (C=O) groups is 4. The summed E-state index contributed by atoms with van der Waals surface area (Å²) in [6.45, 7) is 5.57. The molecular formula is C25H25N2O5+. The SMILES string of the molecule is C=[N+](C(C)=O)c1ccc(N(CCCCCC(=O)O)C2=CC(=O)c3ccccc3C2=O)cc1. The van der Waals surface area contributed by atoms with Crippen LogP contribution < -0.4 is 4.90 Å². The largest absolute Gasteiger partial charge is 0.481 e. The molecule has 0 fully saturated rings. The van der Waals surface area contributed by atoms with Crippen LogP contribution in [0, 0.1) is 0 Å². The summed E-state index contributed by atoms with van der Waals surface area (Å²) in [6.07, 6.45) is 3.30. The molecule has 7 heteroatoms. The number of hydrogen-bond donors (Lipinski definition) is 1. The quantitative estimate of drug-likeness (QED) is 0.365. The lowest BCUT2D eigenvalue weighted by atomic mass is 9.92. The van der Waals surface area contributed by atoms with E-state index in [1.165, 1.54) is 17.6 Å². The number of nitrogens with zero attached hydrogens (tertiary/aromatic N) is 2. The first-order valence-corrected chi connectivity index (χ1v) is 10.4. The first-order valence-electron chi connectivity index (χ1n) is 10.4. The highest BCUT2D eigenvalue weighted by atomic mass is 16.4. The minimum Gasteiger partial charge on any atom is -0.481 e. The monoisotopic (exact) mass is 433 g/mol. The topological polar surface area (TPSA) is 94.8 Å². The van der Waals surface area contributed by atoms with E-state index >= 15 is 0 Å². The van der Waals surface area contributed by atoms with Gasteiger partial charge in [0.1, 0.15) is 6.72 Å². The average molecular weight is 433 g/mol. The van der Waals surface area contributed by atoms with E-state index in [0.29, 0.717) is 48.3 Å². The standard InChI is InChI=1S/C25H24N2O5/c1-17(28)26(2)18-11-13-19(14-12-18)27(15-7-3-4-10-24(30)31)22-16-23(29)20-8-5-6-9-21(20)25(22)32/h5-6,8-9,11-14,16H,2-4,7,10,15H2,1H3/p+1. The Kier molecular flexibility index (Phi) is 7.10. The molecule has 2 aromatic carbocycles. The molecule has 0 heterocycles. The first-order chi connectivity index (χ1) is 15.3. The lowest BCUT2D eigenvalue weighted by molar-refractivity contribution is -0.356. The third-order valence-electron chi connectivity index (χ3n) is 5.35. The van der Waals surface area contributed by atoms with Gasteiger partial charge in [0, 0.05) is 48.0 Å². The average Bonchev–Trinajstić information content (AvgIpc) is 2.78. The second kappa shape index (κ2) is 9.96. The van der Waals surface area contributed by atoms with Crippen LogP contribution in [0.5, 0.6) is 0 Å². The van der Waals surface area contributed by atoms with E-state index in [1.54, 1.807) is 53.4 Å². The summed E-state index contributed by atoms with van der Waals surface area (Å²) in [5.74, 6) is -1.52. The number of carbonyl (C=O) groups excluding carboxylic acids is 3. The summed E-state index contributed by atoms with van der Waals surface area (Å²) in [5, 5.41) is 8.84. The summed E-state index contributed by atoms with van der Waals surface area (Å²) in [5.41, 5.74) is 2.32. The van der Waals surface area contributed by atoms with Gasteiger partial charge in [-0.1, -0.05) is 30.7 Å². The van der Waals surface area contributed by atoms with E-state index in [4.69, 9.17) is 5.11 Å². The number of benzene rings is 2. The molecule has 0 spiro atoms. The second-order valence-electron chi connectivity index (χ2n) is 7.59. The van der Waals surface area contributed by atoms with Crippen molar-refractivity contribution in [2.45, 2.75) is 32.6 Å². The van der Waals surface area contributed by atoms with Crippen molar-refractivity contribution in [2.24, 2.45) is 0 Å². The number of anilines is 1. The van der Waals surface area contributed by atoms with E-state index in [9.17, 15) is 19.2 Å². The van der Waals surface area contributed by atoms with Crippen LogP contribution in [0.3, 0.4) is 0 Å². The van der Waals surface area contributed by atoms with Crippen molar-refractivity contribution < 1.29 is 28.9 Å². The number of rotatable bonds is 9. The Balaban J connectivity index is 1.90. The lowest BCUT2D eigenvalue weighted by Gasteiger charge is -2.29. The van der Waals surface area contributed by atoms with E-state index in [1.807, 2.05) is 0 Å². The van der Waals surface area contributed by atoms with E-state index in [2.05, 4.69) is 6.72 Å². The van der Waals surface area contributed by atoms with Crippen molar-refractivity contribution in [1.82, 2.24) is 0 Å². The van der Waals surface area contributed by atoms with Gasteiger partial charge in [-0.25, -0.2) is 4.79 Å². The third kappa shape index (κ3) is 5.06. The maximum atomic E-state index is 13.2. The van der Waals surface area contributed by atoms with Crippen LogP contribution in [0.1, 0.15) is 53.3 Å². The van der Waals surface area contributed by atoms with Gasteiger partial charge in [0.25, 0.3) is 0 Å². The summed E-state index contributed by atoms with van der Waals surface area (Å²) in [6, 6.07) is 13.7. The molecule has 1 N–H and O–H groups in total. The molecular weight excluding hydrogens is 408 g/mol. The summed E-state index contributed by atoms with van der Waals surface area (Å²) in [4.78, 5) is 50.0. The molecule has 164 valence electrons. The number of hydrogen-bond acceptors (Lipinski definition) is 5. The van der Waals surface area contributed by atoms with E-state index in [0.717, 1.165) is 0 Å². The molecule has 0 saturated carbocycles. The number of ketones is 2. The Bertz CT molecular complexity index is 1120. The molecule has 3 rings (SSSR count). The van der Waals surface area contributed by atoms with E-state index in [-0.39, 0.29) is 29.6 Å². The molecule has 0 saturated heterocycles. The van der Waals surface area contributed by atoms with Crippen molar-refractivity contribution in [1.29, 1.82) is 0 Å². The number of Topliss-reactive ketones (excluding diaryl/α,β-unsaturated/α-hetero) is 1. The highest BCUT2D eigenvalue weighted by Crippen LogP contribution is 2.29. The Morgan fingerprint density at radius 3 is 2.25 bits per heavy atom. The van der Waals surface area contributed by atoms with Gasteiger partial charge < -0.3 is 10.0 Å². The van der Waals surface area contributed by atoms with Gasteiger partial charge >= 0.3 is 11.9 Å². The predicted octanol–water partition coefficient (Wildman–Crippen LogP) is 3.99. The molecule has 7 nitrogen and oxygen atoms in total. The van der Waals surface area contributed by atoms with Crippen LogP contribution in [0.25, 0.3) is 0 Å². The third-order valence-corrected chi connectivity index (χ3v) is 5.35. The molecule has 0 atom stereocenters. The van der Waals surface area contributed by atoms with E-state index < -0.39 is 5.97 Å². The summed E-state index contributed by atoms with van der Waals surface area (Å²) < 4.78 is 1.27. The Morgan fingerprint density at radius 1 is 0.969 bits per heavy atom. The molecule has 1 aliphatic rings. The van der Waals surface area contributed by atoms with Gasteiger partial charge in [-0.3, -0.25) is 14.4 Å². The molecule has 0 aliphatic heterocycles. The molecule has 0 unspecified atom stereocenters. The van der Waals surface area contributed by atoms with Gasteiger partial charge in [0.2, 0.25) is 11.5 Å². The number of amides is 1. The minimum absolute atomic E-state index is 0.0898. The highest BCUT2D eigenvalue weighted by molar-refractivity contribution is 6.25. The smallest absolute Gasteiger partial charge is 0.389 e. The number of fused-ring (bicyclic) bond motifs is 1. The van der Waals surface area contributed by atoms with Crippen molar-refractivity contribution >= 4 is 41.5 Å². The molecule has 0 bridgehead atoms. The number of allylic oxidation sites excluding steroid dienone is 2. The molecule has 2 aromatic rings. The Labute approximate surface area is 186 Å². The molecule has 1 aliphatic carbocycles. The number of aliphatic carboxylic acids is 1. The zero-order valence-corrected chi connectivity index (χ0v) is 17.9. The van der Waals surface area contributed by atoms with Crippen LogP contribution in [-0.2, 0) is 9.59 Å². The maximum absolute atomic E-state index is 13.2. The second-order valence-corrected chi connectivity index (χ2v) is 7.59.